The Balaban J connectivity index is 0.000000146. The number of rotatable bonds is 10. The second kappa shape index (κ2) is 13.9. The predicted octanol–water partition coefficient (Wildman–Crippen LogP) is 5.33. The SMILES string of the molecule is COC1=CC2C[C@H]3[C@H](N(C)C)c4onc(OCc5ccccc5)c4C(O)C13O2.COC1=C[C@H]2C[C@H]3[C@H](N(C)C)c4onc(OCc5ccccc5)c4C(=O)[C@@]13O2. The van der Waals surface area contributed by atoms with E-state index in [9.17, 15) is 9.90 Å². The molecule has 294 valence electrons. The zero-order chi connectivity index (χ0) is 38.9. The molecule has 0 amide bonds. The standard InChI is InChI=1S/C21H24N2O5.C21H22N2O5/c2*1-23(2)17-14-9-13-10-15(25-3)21(14,27-13)19(24)16-18(17)28-22-20(16)26-11-12-7-5-4-6-8-12/h4-8,10,13-14,17,19,24H,9,11H2,1-3H3;4-8,10,13-14,17H,9,11H2,1-3H3/t13?,14-,17-,19?,21?;13-,14+,17+,21+/m01/s1. The number of aliphatic hydroxyl groups is 1. The number of carbonyl (C=O) groups excluding carboxylic acids is 1. The molecule has 10 rings (SSSR count). The number of ketones is 1. The summed E-state index contributed by atoms with van der Waals surface area (Å²) >= 11 is 0. The van der Waals surface area contributed by atoms with E-state index in [1.807, 2.05) is 106 Å². The maximum atomic E-state index is 13.7. The number of benzene rings is 2. The van der Waals surface area contributed by atoms with Gasteiger partial charge in [-0.15, -0.1) is 0 Å². The monoisotopic (exact) mass is 766 g/mol. The van der Waals surface area contributed by atoms with E-state index in [-0.39, 0.29) is 47.8 Å². The third kappa shape index (κ3) is 5.37. The first-order valence-corrected chi connectivity index (χ1v) is 18.9. The van der Waals surface area contributed by atoms with Crippen LogP contribution in [0.5, 0.6) is 11.8 Å². The Labute approximate surface area is 324 Å². The van der Waals surface area contributed by atoms with Crippen LogP contribution in [0.4, 0.5) is 0 Å². The molecule has 4 aromatic rings. The van der Waals surface area contributed by atoms with Gasteiger partial charge in [-0.25, -0.2) is 0 Å². The number of fused-ring (bicyclic) bond motifs is 4. The van der Waals surface area contributed by atoms with Gasteiger partial charge in [-0.1, -0.05) is 60.7 Å². The number of hydrogen-bond donors (Lipinski definition) is 1. The summed E-state index contributed by atoms with van der Waals surface area (Å²) in [7, 11) is 11.1. The fourth-order valence-electron chi connectivity index (χ4n) is 9.84. The Morgan fingerprint density at radius 3 is 1.89 bits per heavy atom. The quantitative estimate of drug-likeness (QED) is 0.221. The number of ether oxygens (including phenoxy) is 6. The molecule has 14 heteroatoms. The van der Waals surface area contributed by atoms with E-state index in [4.69, 9.17) is 37.5 Å². The summed E-state index contributed by atoms with van der Waals surface area (Å²) in [6.45, 7) is 0.638. The molecule has 0 radical (unpaired) electrons. The zero-order valence-corrected chi connectivity index (χ0v) is 32.2. The van der Waals surface area contributed by atoms with E-state index in [0.29, 0.717) is 53.3 Å². The predicted molar refractivity (Wildman–Crippen MR) is 198 cm³/mol. The molecule has 14 nitrogen and oxygen atoms in total. The summed E-state index contributed by atoms with van der Waals surface area (Å²) in [5.41, 5.74) is 0.849. The van der Waals surface area contributed by atoms with E-state index in [0.717, 1.165) is 24.0 Å². The van der Waals surface area contributed by atoms with Gasteiger partial charge in [0.05, 0.1) is 44.1 Å². The van der Waals surface area contributed by atoms with Crippen molar-refractivity contribution in [1.82, 2.24) is 20.1 Å². The summed E-state index contributed by atoms with van der Waals surface area (Å²) < 4.78 is 46.9. The zero-order valence-electron chi connectivity index (χ0n) is 32.2. The average molecular weight is 767 g/mol. The highest BCUT2D eigenvalue weighted by Crippen LogP contribution is 2.64. The number of nitrogens with zero attached hydrogens (tertiary/aromatic N) is 4. The van der Waals surface area contributed by atoms with Crippen LogP contribution >= 0.6 is 0 Å². The van der Waals surface area contributed by atoms with Crippen molar-refractivity contribution in [3.8, 4) is 11.8 Å². The van der Waals surface area contributed by atoms with Gasteiger partial charge in [-0.2, -0.15) is 0 Å². The van der Waals surface area contributed by atoms with Gasteiger partial charge < -0.3 is 42.6 Å². The molecule has 4 aliphatic heterocycles. The Hall–Kier alpha value is -4.99. The molecule has 4 bridgehead atoms. The van der Waals surface area contributed by atoms with Crippen molar-refractivity contribution >= 4 is 5.78 Å². The van der Waals surface area contributed by atoms with Crippen LogP contribution in [-0.2, 0) is 32.2 Å². The summed E-state index contributed by atoms with van der Waals surface area (Å²) in [5.74, 6) is 2.66. The minimum absolute atomic E-state index is 0.00451. The van der Waals surface area contributed by atoms with E-state index >= 15 is 0 Å². The van der Waals surface area contributed by atoms with Gasteiger partial charge in [0.2, 0.25) is 5.78 Å². The minimum atomic E-state index is -1.13. The summed E-state index contributed by atoms with van der Waals surface area (Å²) in [6.07, 6.45) is 4.24. The largest absolute Gasteiger partial charge is 0.498 e. The molecule has 1 N–H and O–H groups in total. The van der Waals surface area contributed by atoms with Crippen molar-refractivity contribution in [2.75, 3.05) is 42.4 Å². The first kappa shape index (κ1) is 36.6. The third-order valence-electron chi connectivity index (χ3n) is 12.1. The Kier molecular flexibility index (Phi) is 9.08. The van der Waals surface area contributed by atoms with Gasteiger partial charge in [0, 0.05) is 11.8 Å². The number of Topliss-reactive ketones (excluding diaryl/α,β-unsaturated/α-hetero) is 1. The number of carbonyl (C=O) groups is 1. The summed E-state index contributed by atoms with van der Waals surface area (Å²) in [6, 6.07) is 19.3. The topological polar surface area (TPSA) is 151 Å². The maximum absolute atomic E-state index is 13.7. The lowest BCUT2D eigenvalue weighted by atomic mass is 9.66. The normalized spacial score (nSPS) is 31.5. The first-order valence-electron chi connectivity index (χ1n) is 18.9. The molecule has 9 atom stereocenters. The highest BCUT2D eigenvalue weighted by Gasteiger charge is 2.69. The van der Waals surface area contributed by atoms with Crippen molar-refractivity contribution < 1.29 is 47.4 Å². The van der Waals surface area contributed by atoms with Gasteiger partial charge in [0.25, 0.3) is 11.8 Å². The molecule has 2 aromatic carbocycles. The fourth-order valence-corrected chi connectivity index (χ4v) is 9.84. The molecule has 6 aliphatic rings. The highest BCUT2D eigenvalue weighted by atomic mass is 16.6. The van der Waals surface area contributed by atoms with Gasteiger partial charge in [0.1, 0.15) is 36.4 Å². The van der Waals surface area contributed by atoms with Crippen LogP contribution in [0.15, 0.2) is 93.4 Å². The Bertz CT molecular complexity index is 2170. The van der Waals surface area contributed by atoms with Crippen molar-refractivity contribution in [2.24, 2.45) is 11.8 Å². The van der Waals surface area contributed by atoms with E-state index in [2.05, 4.69) is 15.2 Å². The van der Waals surface area contributed by atoms with E-state index < -0.39 is 17.3 Å². The number of methoxy groups -OCH3 is 2. The second-order valence-electron chi connectivity index (χ2n) is 15.6. The third-order valence-corrected chi connectivity index (χ3v) is 12.1. The Morgan fingerprint density at radius 1 is 0.732 bits per heavy atom. The number of aliphatic hydroxyl groups excluding tert-OH is 1. The number of hydrogen-bond acceptors (Lipinski definition) is 14. The van der Waals surface area contributed by atoms with E-state index in [1.54, 1.807) is 14.2 Å². The van der Waals surface area contributed by atoms with Crippen LogP contribution in [0.1, 0.15) is 69.6 Å². The van der Waals surface area contributed by atoms with Crippen LogP contribution in [-0.4, -0.2) is 96.8 Å². The van der Waals surface area contributed by atoms with Crippen LogP contribution in [0, 0.1) is 11.8 Å². The van der Waals surface area contributed by atoms with Crippen LogP contribution in [0.25, 0.3) is 0 Å². The molecule has 3 unspecified atom stereocenters. The fraction of sp³-hybridized carbons (Fsp3) is 0.452. The molecule has 2 saturated heterocycles. The van der Waals surface area contributed by atoms with Crippen molar-refractivity contribution in [3.05, 3.63) is 118 Å². The van der Waals surface area contributed by atoms with Gasteiger partial charge in [-0.05, 0) is 74.6 Å². The lowest BCUT2D eigenvalue weighted by Crippen LogP contribution is -2.53. The molecule has 2 aromatic heterocycles. The first-order chi connectivity index (χ1) is 27.1. The number of aromatic nitrogens is 2. The van der Waals surface area contributed by atoms with E-state index in [1.165, 1.54) is 0 Å². The molecule has 56 heavy (non-hydrogen) atoms. The van der Waals surface area contributed by atoms with Crippen LogP contribution in [0.3, 0.4) is 0 Å². The minimum Gasteiger partial charge on any atom is -0.498 e. The average Bonchev–Trinajstić information content (AvgIpc) is 4.06. The second-order valence-corrected chi connectivity index (χ2v) is 15.6. The molecule has 6 heterocycles. The van der Waals surface area contributed by atoms with Gasteiger partial charge in [-0.3, -0.25) is 14.6 Å². The highest BCUT2D eigenvalue weighted by molar-refractivity contribution is 6.09. The lowest BCUT2D eigenvalue weighted by molar-refractivity contribution is -0.132. The summed E-state index contributed by atoms with van der Waals surface area (Å²) in [5, 5.41) is 19.7. The molecule has 2 spiro atoms. The Morgan fingerprint density at radius 2 is 1.27 bits per heavy atom. The molecule has 2 aliphatic carbocycles. The molecular formula is C42H46N4O10. The van der Waals surface area contributed by atoms with Gasteiger partial charge in [0.15, 0.2) is 22.7 Å². The molecule has 0 saturated carbocycles. The van der Waals surface area contributed by atoms with Crippen molar-refractivity contribution in [3.63, 3.8) is 0 Å². The van der Waals surface area contributed by atoms with Crippen LogP contribution < -0.4 is 9.47 Å². The van der Waals surface area contributed by atoms with Crippen molar-refractivity contribution in [1.29, 1.82) is 0 Å². The summed E-state index contributed by atoms with van der Waals surface area (Å²) in [4.78, 5) is 17.8. The maximum Gasteiger partial charge on any atom is 0.265 e. The molecule has 2 fully saturated rings. The van der Waals surface area contributed by atoms with Crippen molar-refractivity contribution in [2.45, 2.75) is 67.7 Å². The van der Waals surface area contributed by atoms with Gasteiger partial charge >= 0.3 is 0 Å². The lowest BCUT2D eigenvalue weighted by Gasteiger charge is -2.46. The molecular weight excluding hydrogens is 720 g/mol. The smallest absolute Gasteiger partial charge is 0.265 e. The van der Waals surface area contributed by atoms with Crippen LogP contribution in [0.2, 0.25) is 0 Å².